The van der Waals surface area contributed by atoms with Crippen molar-refractivity contribution >= 4 is 28.2 Å². The Morgan fingerprint density at radius 2 is 1.94 bits per heavy atom. The summed E-state index contributed by atoms with van der Waals surface area (Å²) in [6, 6.07) is 12.0. The monoisotopic (exact) mass is 418 g/mol. The topological polar surface area (TPSA) is 99.4 Å². The predicted molar refractivity (Wildman–Crippen MR) is 115 cm³/mol. The largest absolute Gasteiger partial charge is 0.466 e. The average molecular weight is 418 g/mol. The van der Waals surface area contributed by atoms with Crippen molar-refractivity contribution in [2.75, 3.05) is 6.61 Å². The number of Topliss-reactive ketones (excluding diaryl/α,β-unsaturated/α-hetero) is 1. The number of rotatable bonds is 8. The molecule has 0 aliphatic heterocycles. The van der Waals surface area contributed by atoms with Crippen LogP contribution in [0.5, 0.6) is 0 Å². The number of esters is 1. The smallest absolute Gasteiger partial charge is 0.305 e. The molecule has 7 nitrogen and oxygen atoms in total. The Balaban J connectivity index is 1.82. The van der Waals surface area contributed by atoms with Gasteiger partial charge < -0.3 is 4.74 Å². The standard InChI is InChI=1S/C24H22N2O5/c1-2-31-21(27)7-4-12-24(15-16-10-13-25-14-11-16)19-8-9-20(26(29)30)17-5-3-6-18(22(17)19)23(24)28/h3,5-6,8-11,13-14H,2,4,7,12,15H2,1H3. The van der Waals surface area contributed by atoms with Gasteiger partial charge in [-0.1, -0.05) is 18.2 Å². The molecule has 0 saturated carbocycles. The SMILES string of the molecule is CCOC(=O)CCCC1(Cc2ccncc2)C(=O)c2cccc3c([N+](=O)[O-])ccc1c23. The van der Waals surface area contributed by atoms with Gasteiger partial charge >= 0.3 is 5.97 Å². The summed E-state index contributed by atoms with van der Waals surface area (Å²) in [6.45, 7) is 2.07. The number of hydrogen-bond acceptors (Lipinski definition) is 6. The molecule has 158 valence electrons. The number of non-ortho nitro benzene ring substituents is 1. The summed E-state index contributed by atoms with van der Waals surface area (Å²) in [5.41, 5.74) is 1.32. The highest BCUT2D eigenvalue weighted by molar-refractivity contribution is 6.21. The summed E-state index contributed by atoms with van der Waals surface area (Å²) in [4.78, 5) is 40.9. The van der Waals surface area contributed by atoms with Gasteiger partial charge in [-0.25, -0.2) is 0 Å². The molecule has 0 spiro atoms. The normalized spacial score (nSPS) is 17.1. The Morgan fingerprint density at radius 3 is 2.65 bits per heavy atom. The number of carbonyl (C=O) groups excluding carboxylic acids is 2. The van der Waals surface area contributed by atoms with E-state index in [1.165, 1.54) is 6.07 Å². The first-order valence-electron chi connectivity index (χ1n) is 10.3. The molecule has 7 heteroatoms. The number of nitro groups is 1. The summed E-state index contributed by atoms with van der Waals surface area (Å²) < 4.78 is 5.04. The number of hydrogen-bond donors (Lipinski definition) is 0. The van der Waals surface area contributed by atoms with E-state index in [4.69, 9.17) is 4.74 Å². The fourth-order valence-electron chi connectivity index (χ4n) is 4.65. The van der Waals surface area contributed by atoms with E-state index in [0.717, 1.165) is 11.1 Å². The van der Waals surface area contributed by atoms with E-state index in [-0.39, 0.29) is 23.9 Å². The van der Waals surface area contributed by atoms with Gasteiger partial charge in [-0.2, -0.15) is 0 Å². The number of ether oxygens (including phenoxy) is 1. The third kappa shape index (κ3) is 3.56. The molecular weight excluding hydrogens is 396 g/mol. The first kappa shape index (κ1) is 20.7. The highest BCUT2D eigenvalue weighted by Gasteiger charge is 2.47. The second kappa shape index (κ2) is 8.26. The second-order valence-corrected chi connectivity index (χ2v) is 7.72. The lowest BCUT2D eigenvalue weighted by Crippen LogP contribution is -2.35. The maximum absolute atomic E-state index is 13.8. The number of ketones is 1. The average Bonchev–Trinajstić information content (AvgIpc) is 2.99. The predicted octanol–water partition coefficient (Wildman–Crippen LogP) is 4.55. The summed E-state index contributed by atoms with van der Waals surface area (Å²) in [5.74, 6) is -0.354. The molecule has 0 fully saturated rings. The molecule has 0 bridgehead atoms. The van der Waals surface area contributed by atoms with E-state index in [9.17, 15) is 19.7 Å². The van der Waals surface area contributed by atoms with Crippen LogP contribution < -0.4 is 0 Å². The zero-order chi connectivity index (χ0) is 22.0. The molecule has 2 aromatic carbocycles. The molecule has 1 unspecified atom stereocenters. The van der Waals surface area contributed by atoms with Crippen LogP contribution in [0.1, 0.15) is 47.7 Å². The number of pyridine rings is 1. The summed E-state index contributed by atoms with van der Waals surface area (Å²) in [5, 5.41) is 12.7. The van der Waals surface area contributed by atoms with E-state index < -0.39 is 10.3 Å². The van der Waals surface area contributed by atoms with Crippen LogP contribution in [0.3, 0.4) is 0 Å². The molecule has 1 atom stereocenters. The van der Waals surface area contributed by atoms with E-state index >= 15 is 0 Å². The van der Waals surface area contributed by atoms with Crippen molar-refractivity contribution in [1.82, 2.24) is 4.98 Å². The van der Waals surface area contributed by atoms with E-state index in [2.05, 4.69) is 4.98 Å². The Morgan fingerprint density at radius 1 is 1.16 bits per heavy atom. The molecule has 0 radical (unpaired) electrons. The number of aromatic nitrogens is 1. The number of nitro benzene ring substituents is 1. The minimum Gasteiger partial charge on any atom is -0.466 e. The third-order valence-corrected chi connectivity index (χ3v) is 5.95. The van der Waals surface area contributed by atoms with Gasteiger partial charge in [0.25, 0.3) is 5.69 Å². The lowest BCUT2D eigenvalue weighted by Gasteiger charge is -2.29. The van der Waals surface area contributed by atoms with Crippen LogP contribution in [0.25, 0.3) is 10.8 Å². The van der Waals surface area contributed by atoms with E-state index in [0.29, 0.717) is 42.2 Å². The van der Waals surface area contributed by atoms with Crippen LogP contribution >= 0.6 is 0 Å². The van der Waals surface area contributed by atoms with Crippen molar-refractivity contribution in [2.24, 2.45) is 0 Å². The van der Waals surface area contributed by atoms with Gasteiger partial charge in [0.15, 0.2) is 5.78 Å². The van der Waals surface area contributed by atoms with Crippen molar-refractivity contribution in [2.45, 2.75) is 38.0 Å². The van der Waals surface area contributed by atoms with Gasteiger partial charge in [0.1, 0.15) is 0 Å². The van der Waals surface area contributed by atoms with Crippen LogP contribution in [-0.2, 0) is 21.4 Å². The first-order chi connectivity index (χ1) is 15.0. The lowest BCUT2D eigenvalue weighted by atomic mass is 9.71. The van der Waals surface area contributed by atoms with Gasteiger partial charge in [-0.05, 0) is 55.5 Å². The Bertz CT molecular complexity index is 1180. The van der Waals surface area contributed by atoms with Crippen molar-refractivity contribution in [1.29, 1.82) is 0 Å². The maximum atomic E-state index is 13.8. The minimum atomic E-state index is -0.898. The number of benzene rings is 2. The molecule has 1 heterocycles. The van der Waals surface area contributed by atoms with Crippen LogP contribution in [0.15, 0.2) is 54.9 Å². The fraction of sp³-hybridized carbons (Fsp3) is 0.292. The number of carbonyl (C=O) groups is 2. The molecule has 0 saturated heterocycles. The van der Waals surface area contributed by atoms with Crippen LogP contribution in [0.2, 0.25) is 0 Å². The lowest BCUT2D eigenvalue weighted by molar-refractivity contribution is -0.383. The van der Waals surface area contributed by atoms with Crippen molar-refractivity contribution in [3.63, 3.8) is 0 Å². The molecule has 1 aromatic heterocycles. The summed E-state index contributed by atoms with van der Waals surface area (Å²) in [6.07, 6.45) is 4.92. The fourth-order valence-corrected chi connectivity index (χ4v) is 4.65. The van der Waals surface area contributed by atoms with Crippen molar-refractivity contribution < 1.29 is 19.2 Å². The van der Waals surface area contributed by atoms with Crippen LogP contribution in [0.4, 0.5) is 5.69 Å². The highest BCUT2D eigenvalue weighted by atomic mass is 16.6. The van der Waals surface area contributed by atoms with Crippen LogP contribution in [0, 0.1) is 10.1 Å². The zero-order valence-electron chi connectivity index (χ0n) is 17.2. The van der Waals surface area contributed by atoms with Gasteiger partial charge in [0.05, 0.1) is 22.3 Å². The molecule has 0 N–H and O–H groups in total. The third-order valence-electron chi connectivity index (χ3n) is 5.95. The second-order valence-electron chi connectivity index (χ2n) is 7.72. The van der Waals surface area contributed by atoms with Gasteiger partial charge in [-0.15, -0.1) is 0 Å². The minimum absolute atomic E-state index is 0.0142. The number of nitrogens with zero attached hydrogens (tertiary/aromatic N) is 2. The molecular formula is C24H22N2O5. The van der Waals surface area contributed by atoms with Crippen molar-refractivity contribution in [3.05, 3.63) is 81.7 Å². The van der Waals surface area contributed by atoms with E-state index in [1.54, 1.807) is 43.6 Å². The maximum Gasteiger partial charge on any atom is 0.305 e. The molecule has 4 rings (SSSR count). The molecule has 31 heavy (non-hydrogen) atoms. The Kier molecular flexibility index (Phi) is 5.50. The van der Waals surface area contributed by atoms with Gasteiger partial charge in [0.2, 0.25) is 0 Å². The summed E-state index contributed by atoms with van der Waals surface area (Å²) in [7, 11) is 0. The summed E-state index contributed by atoms with van der Waals surface area (Å²) >= 11 is 0. The first-order valence-corrected chi connectivity index (χ1v) is 10.3. The van der Waals surface area contributed by atoms with Gasteiger partial charge in [0, 0.05) is 35.8 Å². The molecule has 0 amide bonds. The Hall–Kier alpha value is -3.61. The zero-order valence-corrected chi connectivity index (χ0v) is 17.2. The molecule has 1 aliphatic rings. The van der Waals surface area contributed by atoms with Crippen LogP contribution in [-0.4, -0.2) is 28.3 Å². The van der Waals surface area contributed by atoms with Crippen molar-refractivity contribution in [3.8, 4) is 0 Å². The highest BCUT2D eigenvalue weighted by Crippen LogP contribution is 2.49. The molecule has 3 aromatic rings. The Labute approximate surface area is 179 Å². The quantitative estimate of drug-likeness (QED) is 0.302. The molecule has 1 aliphatic carbocycles. The van der Waals surface area contributed by atoms with E-state index in [1.807, 2.05) is 12.1 Å². The van der Waals surface area contributed by atoms with Gasteiger partial charge in [-0.3, -0.25) is 24.7 Å².